The summed E-state index contributed by atoms with van der Waals surface area (Å²) in [6.07, 6.45) is 3.44. The number of nitrogens with zero attached hydrogens (tertiary/aromatic N) is 3. The Morgan fingerprint density at radius 3 is 2.71 bits per heavy atom. The Balaban J connectivity index is 2.21. The highest BCUT2D eigenvalue weighted by atomic mass is 32.1. The summed E-state index contributed by atoms with van der Waals surface area (Å²) in [7, 11) is 0. The van der Waals surface area contributed by atoms with Crippen molar-refractivity contribution in [3.63, 3.8) is 0 Å². The van der Waals surface area contributed by atoms with E-state index in [1.807, 2.05) is 4.57 Å². The molecule has 0 saturated carbocycles. The lowest BCUT2D eigenvalue weighted by Gasteiger charge is -2.01. The average molecular weight is 249 g/mol. The Labute approximate surface area is 104 Å². The molecule has 0 radical (unpaired) electrons. The second-order valence-corrected chi connectivity index (χ2v) is 4.00. The third-order valence-corrected chi connectivity index (χ3v) is 2.81. The van der Waals surface area contributed by atoms with Crippen molar-refractivity contribution in [2.24, 2.45) is 0 Å². The first kappa shape index (κ1) is 11.7. The van der Waals surface area contributed by atoms with E-state index in [0.717, 1.165) is 5.56 Å². The molecule has 5 heteroatoms. The van der Waals surface area contributed by atoms with Crippen LogP contribution in [0.1, 0.15) is 5.56 Å². The van der Waals surface area contributed by atoms with Crippen molar-refractivity contribution in [2.45, 2.75) is 13.1 Å². The van der Waals surface area contributed by atoms with E-state index in [2.05, 4.69) is 11.7 Å². The summed E-state index contributed by atoms with van der Waals surface area (Å²) in [5.74, 6) is -0.241. The van der Waals surface area contributed by atoms with Crippen LogP contribution in [0.25, 0.3) is 0 Å². The van der Waals surface area contributed by atoms with Gasteiger partial charge in [-0.15, -0.1) is 6.58 Å². The molecule has 1 heterocycles. The van der Waals surface area contributed by atoms with Gasteiger partial charge in [0.05, 0.1) is 6.54 Å². The Morgan fingerprint density at radius 2 is 2.06 bits per heavy atom. The topological polar surface area (TPSA) is 22.8 Å². The van der Waals surface area contributed by atoms with Gasteiger partial charge in [0.15, 0.2) is 4.77 Å². The minimum atomic E-state index is -0.241. The monoisotopic (exact) mass is 249 g/mol. The smallest absolute Gasteiger partial charge is 0.198 e. The van der Waals surface area contributed by atoms with Crippen LogP contribution in [-0.4, -0.2) is 14.3 Å². The summed E-state index contributed by atoms with van der Waals surface area (Å²) in [5, 5.41) is 4.19. The molecule has 17 heavy (non-hydrogen) atoms. The fraction of sp³-hybridized carbons (Fsp3) is 0.167. The molecule has 88 valence electrons. The molecule has 0 spiro atoms. The van der Waals surface area contributed by atoms with E-state index in [1.165, 1.54) is 12.1 Å². The van der Waals surface area contributed by atoms with Crippen LogP contribution in [0.2, 0.25) is 0 Å². The SMILES string of the molecule is C=CCn1cnn(Cc2ccc(F)cc2)c1=S. The van der Waals surface area contributed by atoms with E-state index >= 15 is 0 Å². The minimum Gasteiger partial charge on any atom is -0.303 e. The summed E-state index contributed by atoms with van der Waals surface area (Å²) in [5.41, 5.74) is 0.964. The molecule has 1 aromatic heterocycles. The molecule has 0 aliphatic heterocycles. The first-order chi connectivity index (χ1) is 8.20. The Morgan fingerprint density at radius 1 is 1.35 bits per heavy atom. The van der Waals surface area contributed by atoms with Crippen LogP contribution in [-0.2, 0) is 13.1 Å². The van der Waals surface area contributed by atoms with Crippen molar-refractivity contribution in [1.82, 2.24) is 14.3 Å². The summed E-state index contributed by atoms with van der Waals surface area (Å²) >= 11 is 5.26. The van der Waals surface area contributed by atoms with Crippen LogP contribution < -0.4 is 0 Å². The predicted octanol–water partition coefficient (Wildman–Crippen LogP) is 2.79. The van der Waals surface area contributed by atoms with Gasteiger partial charge >= 0.3 is 0 Å². The molecule has 3 nitrogen and oxygen atoms in total. The van der Waals surface area contributed by atoms with Crippen LogP contribution in [0.15, 0.2) is 43.2 Å². The van der Waals surface area contributed by atoms with Gasteiger partial charge in [0.1, 0.15) is 12.1 Å². The highest BCUT2D eigenvalue weighted by Crippen LogP contribution is 2.05. The Kier molecular flexibility index (Phi) is 3.49. The molecule has 2 rings (SSSR count). The second-order valence-electron chi connectivity index (χ2n) is 3.64. The maximum absolute atomic E-state index is 12.8. The van der Waals surface area contributed by atoms with E-state index < -0.39 is 0 Å². The second kappa shape index (κ2) is 5.05. The van der Waals surface area contributed by atoms with Gasteiger partial charge in [0, 0.05) is 6.54 Å². The average Bonchev–Trinajstić information content (AvgIpc) is 2.65. The maximum atomic E-state index is 12.8. The molecule has 2 aromatic rings. The highest BCUT2D eigenvalue weighted by molar-refractivity contribution is 7.71. The Bertz CT molecular complexity index is 568. The van der Waals surface area contributed by atoms with Crippen molar-refractivity contribution < 1.29 is 4.39 Å². The normalized spacial score (nSPS) is 10.4. The Hall–Kier alpha value is -1.75. The summed E-state index contributed by atoms with van der Waals surface area (Å²) in [4.78, 5) is 0. The molecule has 1 aromatic carbocycles. The quantitative estimate of drug-likeness (QED) is 0.614. The molecule has 0 bridgehead atoms. The molecule has 0 atom stereocenters. The molecule has 0 unspecified atom stereocenters. The van der Waals surface area contributed by atoms with Crippen molar-refractivity contribution in [3.05, 3.63) is 59.4 Å². The zero-order chi connectivity index (χ0) is 12.3. The van der Waals surface area contributed by atoms with Gasteiger partial charge in [0.25, 0.3) is 0 Å². The van der Waals surface area contributed by atoms with Gasteiger partial charge in [-0.3, -0.25) is 0 Å². The predicted molar refractivity (Wildman–Crippen MR) is 66.8 cm³/mol. The van der Waals surface area contributed by atoms with E-state index in [4.69, 9.17) is 12.2 Å². The number of benzene rings is 1. The van der Waals surface area contributed by atoms with Gasteiger partial charge < -0.3 is 4.57 Å². The zero-order valence-electron chi connectivity index (χ0n) is 9.21. The number of allylic oxidation sites excluding steroid dienone is 1. The number of rotatable bonds is 4. The number of hydrogen-bond donors (Lipinski definition) is 0. The first-order valence-electron chi connectivity index (χ1n) is 5.18. The molecular formula is C12H12FN3S. The highest BCUT2D eigenvalue weighted by Gasteiger charge is 2.01. The number of aromatic nitrogens is 3. The van der Waals surface area contributed by atoms with Crippen LogP contribution in [0.4, 0.5) is 4.39 Å². The van der Waals surface area contributed by atoms with Crippen molar-refractivity contribution >= 4 is 12.2 Å². The van der Waals surface area contributed by atoms with Gasteiger partial charge in [0.2, 0.25) is 0 Å². The molecule has 0 fully saturated rings. The molecule has 0 amide bonds. The fourth-order valence-corrected chi connectivity index (χ4v) is 1.74. The molecule has 0 N–H and O–H groups in total. The summed E-state index contributed by atoms with van der Waals surface area (Å²) in [6.45, 7) is 4.84. The van der Waals surface area contributed by atoms with Crippen molar-refractivity contribution in [1.29, 1.82) is 0 Å². The van der Waals surface area contributed by atoms with E-state index in [-0.39, 0.29) is 5.82 Å². The number of halogens is 1. The van der Waals surface area contributed by atoms with E-state index in [1.54, 1.807) is 29.2 Å². The third kappa shape index (κ3) is 2.68. The molecule has 0 saturated heterocycles. The number of hydrogen-bond acceptors (Lipinski definition) is 2. The molecule has 0 aliphatic rings. The van der Waals surface area contributed by atoms with Gasteiger partial charge in [-0.1, -0.05) is 18.2 Å². The molecule has 0 aliphatic carbocycles. The third-order valence-electron chi connectivity index (χ3n) is 2.37. The lowest BCUT2D eigenvalue weighted by atomic mass is 10.2. The van der Waals surface area contributed by atoms with Gasteiger partial charge in [-0.05, 0) is 29.9 Å². The zero-order valence-corrected chi connectivity index (χ0v) is 10.0. The van der Waals surface area contributed by atoms with Crippen LogP contribution in [0, 0.1) is 10.6 Å². The van der Waals surface area contributed by atoms with Crippen molar-refractivity contribution in [2.75, 3.05) is 0 Å². The lowest BCUT2D eigenvalue weighted by Crippen LogP contribution is -2.03. The standard InChI is InChI=1S/C12H12FN3S/c1-2-7-15-9-14-16(12(15)17)8-10-3-5-11(13)6-4-10/h2-6,9H,1,7-8H2. The lowest BCUT2D eigenvalue weighted by molar-refractivity contribution is 0.623. The minimum absolute atomic E-state index is 0.241. The van der Waals surface area contributed by atoms with Crippen LogP contribution >= 0.6 is 12.2 Å². The van der Waals surface area contributed by atoms with Crippen molar-refractivity contribution in [3.8, 4) is 0 Å². The summed E-state index contributed by atoms with van der Waals surface area (Å²) in [6, 6.07) is 6.31. The maximum Gasteiger partial charge on any atom is 0.198 e. The van der Waals surface area contributed by atoms with E-state index in [0.29, 0.717) is 17.9 Å². The molecular weight excluding hydrogens is 237 g/mol. The van der Waals surface area contributed by atoms with Gasteiger partial charge in [-0.25, -0.2) is 9.07 Å². The van der Waals surface area contributed by atoms with Crippen LogP contribution in [0.3, 0.4) is 0 Å². The summed E-state index contributed by atoms with van der Waals surface area (Å²) < 4.78 is 16.9. The van der Waals surface area contributed by atoms with Gasteiger partial charge in [-0.2, -0.15) is 5.10 Å². The largest absolute Gasteiger partial charge is 0.303 e. The van der Waals surface area contributed by atoms with E-state index in [9.17, 15) is 4.39 Å². The fourth-order valence-electron chi connectivity index (χ4n) is 1.51. The van der Waals surface area contributed by atoms with Crippen LogP contribution in [0.5, 0.6) is 0 Å². The first-order valence-corrected chi connectivity index (χ1v) is 5.59.